The van der Waals surface area contributed by atoms with Gasteiger partial charge in [0.2, 0.25) is 0 Å². The molecule has 0 heterocycles. The van der Waals surface area contributed by atoms with E-state index in [1.54, 1.807) is 0 Å². The molecule has 0 N–H and O–H groups in total. The van der Waals surface area contributed by atoms with E-state index in [2.05, 4.69) is 20.8 Å². The van der Waals surface area contributed by atoms with Crippen LogP contribution in [0.2, 0.25) is 0 Å². The molecule has 0 aliphatic rings. The van der Waals surface area contributed by atoms with Crippen molar-refractivity contribution in [3.8, 4) is 0 Å². The second-order valence-corrected chi connectivity index (χ2v) is 15.3. The summed E-state index contributed by atoms with van der Waals surface area (Å²) in [7, 11) is 0. The molecule has 0 aromatic carbocycles. The van der Waals surface area contributed by atoms with Gasteiger partial charge in [-0.25, -0.2) is 0 Å². The van der Waals surface area contributed by atoms with Gasteiger partial charge in [-0.3, -0.25) is 14.4 Å². The summed E-state index contributed by atoms with van der Waals surface area (Å²) in [6, 6.07) is 0. The first-order valence-corrected chi connectivity index (χ1v) is 22.5. The van der Waals surface area contributed by atoms with Crippen LogP contribution in [-0.2, 0) is 28.6 Å². The second kappa shape index (κ2) is 41.2. The Kier molecular flexibility index (Phi) is 39.9. The molecule has 0 aliphatic carbocycles. The van der Waals surface area contributed by atoms with Crippen molar-refractivity contribution in [1.29, 1.82) is 0 Å². The van der Waals surface area contributed by atoms with E-state index in [0.717, 1.165) is 57.8 Å². The number of esters is 3. The molecule has 0 fully saturated rings. The fourth-order valence-electron chi connectivity index (χ4n) is 6.68. The molecule has 0 aliphatic heterocycles. The first-order valence-electron chi connectivity index (χ1n) is 22.5. The maximum absolute atomic E-state index is 12.6. The largest absolute Gasteiger partial charge is 0.462 e. The highest BCUT2D eigenvalue weighted by Crippen LogP contribution is 2.15. The number of hydrogen-bond acceptors (Lipinski definition) is 6. The normalized spacial score (nSPS) is 11.8. The summed E-state index contributed by atoms with van der Waals surface area (Å²) in [4.78, 5) is 37.6. The van der Waals surface area contributed by atoms with Crippen LogP contribution in [0.4, 0.5) is 0 Å². The Bertz CT molecular complexity index is 753. The van der Waals surface area contributed by atoms with Crippen LogP contribution >= 0.6 is 0 Å². The van der Waals surface area contributed by atoms with E-state index in [1.165, 1.54) is 154 Å². The molecule has 6 heteroatoms. The van der Waals surface area contributed by atoms with E-state index in [0.29, 0.717) is 19.3 Å². The van der Waals surface area contributed by atoms with Gasteiger partial charge in [-0.2, -0.15) is 0 Å². The molecule has 0 rings (SSSR count). The molecule has 0 saturated heterocycles. The maximum atomic E-state index is 12.6. The zero-order chi connectivity index (χ0) is 37.3. The van der Waals surface area contributed by atoms with Gasteiger partial charge in [0.1, 0.15) is 13.2 Å². The van der Waals surface area contributed by atoms with Crippen molar-refractivity contribution in [3.63, 3.8) is 0 Å². The van der Waals surface area contributed by atoms with Crippen molar-refractivity contribution in [1.82, 2.24) is 0 Å². The summed E-state index contributed by atoms with van der Waals surface area (Å²) in [6.07, 6.45) is 40.8. The predicted molar refractivity (Wildman–Crippen MR) is 215 cm³/mol. The standard InChI is InChI=1S/C45H86O6/c1-4-7-10-13-16-19-21-22-23-24-27-29-32-35-38-44(47)50-41-42(40-49-43(46)37-34-31-28-25-18-15-12-9-6-3)51-45(48)39-36-33-30-26-20-17-14-11-8-5-2/h42H,4-41H2,1-3H3/t42-/m1/s1. The van der Waals surface area contributed by atoms with Crippen molar-refractivity contribution >= 4 is 17.9 Å². The Morgan fingerprint density at radius 1 is 0.314 bits per heavy atom. The molecule has 51 heavy (non-hydrogen) atoms. The highest BCUT2D eigenvalue weighted by Gasteiger charge is 2.19. The molecular weight excluding hydrogens is 636 g/mol. The predicted octanol–water partition coefficient (Wildman–Crippen LogP) is 14.1. The zero-order valence-electron chi connectivity index (χ0n) is 34.4. The Morgan fingerprint density at radius 2 is 0.529 bits per heavy atom. The Hall–Kier alpha value is -1.59. The van der Waals surface area contributed by atoms with Crippen LogP contribution in [-0.4, -0.2) is 37.2 Å². The third-order valence-corrected chi connectivity index (χ3v) is 10.1. The third kappa shape index (κ3) is 39.5. The van der Waals surface area contributed by atoms with Gasteiger partial charge in [0.25, 0.3) is 0 Å². The van der Waals surface area contributed by atoms with Gasteiger partial charge in [0.05, 0.1) is 0 Å². The fraction of sp³-hybridized carbons (Fsp3) is 0.933. The van der Waals surface area contributed by atoms with Gasteiger partial charge in [0, 0.05) is 19.3 Å². The number of hydrogen-bond donors (Lipinski definition) is 0. The van der Waals surface area contributed by atoms with Crippen LogP contribution in [0.1, 0.15) is 252 Å². The van der Waals surface area contributed by atoms with Gasteiger partial charge < -0.3 is 14.2 Å². The van der Waals surface area contributed by atoms with Crippen LogP contribution in [0.15, 0.2) is 0 Å². The van der Waals surface area contributed by atoms with E-state index in [9.17, 15) is 14.4 Å². The molecule has 0 aromatic heterocycles. The average Bonchev–Trinajstić information content (AvgIpc) is 3.12. The molecule has 0 aromatic rings. The minimum Gasteiger partial charge on any atom is -0.462 e. The quantitative estimate of drug-likeness (QED) is 0.0355. The fourth-order valence-corrected chi connectivity index (χ4v) is 6.68. The highest BCUT2D eigenvalue weighted by molar-refractivity contribution is 5.71. The summed E-state index contributed by atoms with van der Waals surface area (Å²) < 4.78 is 16.7. The summed E-state index contributed by atoms with van der Waals surface area (Å²) in [5, 5.41) is 0. The lowest BCUT2D eigenvalue weighted by Crippen LogP contribution is -2.30. The summed E-state index contributed by atoms with van der Waals surface area (Å²) >= 11 is 0. The number of carbonyl (C=O) groups excluding carboxylic acids is 3. The molecule has 0 spiro atoms. The molecule has 1 atom stereocenters. The van der Waals surface area contributed by atoms with Crippen molar-refractivity contribution in [3.05, 3.63) is 0 Å². The van der Waals surface area contributed by atoms with Crippen molar-refractivity contribution in [2.24, 2.45) is 0 Å². The monoisotopic (exact) mass is 723 g/mol. The van der Waals surface area contributed by atoms with Crippen LogP contribution in [0.3, 0.4) is 0 Å². The molecule has 6 nitrogen and oxygen atoms in total. The Morgan fingerprint density at radius 3 is 0.784 bits per heavy atom. The molecule has 0 radical (unpaired) electrons. The molecule has 0 saturated carbocycles. The van der Waals surface area contributed by atoms with Crippen molar-refractivity contribution in [2.75, 3.05) is 13.2 Å². The Labute approximate surface area is 317 Å². The van der Waals surface area contributed by atoms with Crippen molar-refractivity contribution < 1.29 is 28.6 Å². The topological polar surface area (TPSA) is 78.9 Å². The number of unbranched alkanes of at least 4 members (excludes halogenated alkanes) is 30. The van der Waals surface area contributed by atoms with Crippen molar-refractivity contribution in [2.45, 2.75) is 258 Å². The Balaban J connectivity index is 4.28. The van der Waals surface area contributed by atoms with Crippen LogP contribution in [0, 0.1) is 0 Å². The number of carbonyl (C=O) groups is 3. The third-order valence-electron chi connectivity index (χ3n) is 10.1. The van der Waals surface area contributed by atoms with Gasteiger partial charge in [-0.1, -0.05) is 213 Å². The summed E-state index contributed by atoms with van der Waals surface area (Å²) in [5.41, 5.74) is 0. The average molecular weight is 723 g/mol. The minimum atomic E-state index is -0.756. The first kappa shape index (κ1) is 49.4. The van der Waals surface area contributed by atoms with E-state index in [4.69, 9.17) is 14.2 Å². The number of ether oxygens (including phenoxy) is 3. The van der Waals surface area contributed by atoms with E-state index >= 15 is 0 Å². The van der Waals surface area contributed by atoms with E-state index in [1.807, 2.05) is 0 Å². The first-order chi connectivity index (χ1) is 25.0. The zero-order valence-corrected chi connectivity index (χ0v) is 34.4. The molecule has 0 bridgehead atoms. The van der Waals surface area contributed by atoms with Crippen LogP contribution < -0.4 is 0 Å². The van der Waals surface area contributed by atoms with Gasteiger partial charge in [0.15, 0.2) is 6.10 Å². The van der Waals surface area contributed by atoms with Crippen LogP contribution in [0.5, 0.6) is 0 Å². The van der Waals surface area contributed by atoms with E-state index in [-0.39, 0.29) is 31.1 Å². The smallest absolute Gasteiger partial charge is 0.306 e. The molecule has 0 unspecified atom stereocenters. The lowest BCUT2D eigenvalue weighted by atomic mass is 10.0. The highest BCUT2D eigenvalue weighted by atomic mass is 16.6. The molecule has 0 amide bonds. The van der Waals surface area contributed by atoms with Crippen LogP contribution in [0.25, 0.3) is 0 Å². The lowest BCUT2D eigenvalue weighted by Gasteiger charge is -2.18. The summed E-state index contributed by atoms with van der Waals surface area (Å²) in [5.74, 6) is -0.856. The molecular formula is C45H86O6. The summed E-state index contributed by atoms with van der Waals surface area (Å²) in [6.45, 7) is 6.62. The van der Waals surface area contributed by atoms with Gasteiger partial charge >= 0.3 is 17.9 Å². The SMILES string of the molecule is CCCCCCCCCCCCCCCCC(=O)OC[C@@H](COC(=O)CCCCCCCCCCC)OC(=O)CCCCCCCCCCCC. The second-order valence-electron chi connectivity index (χ2n) is 15.3. The maximum Gasteiger partial charge on any atom is 0.306 e. The van der Waals surface area contributed by atoms with E-state index < -0.39 is 6.10 Å². The molecule has 302 valence electrons. The van der Waals surface area contributed by atoms with Gasteiger partial charge in [-0.05, 0) is 19.3 Å². The number of rotatable bonds is 41. The minimum absolute atomic E-state index is 0.0630. The lowest BCUT2D eigenvalue weighted by molar-refractivity contribution is -0.167. The van der Waals surface area contributed by atoms with Gasteiger partial charge in [-0.15, -0.1) is 0 Å².